The van der Waals surface area contributed by atoms with Crippen LogP contribution < -0.4 is 14.9 Å². The van der Waals surface area contributed by atoms with Crippen LogP contribution in [0.25, 0.3) is 6.08 Å². The number of nitrogens with zero attached hydrogens (tertiary/aromatic N) is 1. The number of hydrogen-bond donors (Lipinski definition) is 1. The number of hydrazine groups is 1. The number of carbonyl (C=O) groups is 2. The predicted molar refractivity (Wildman–Crippen MR) is 108 cm³/mol. The van der Waals surface area contributed by atoms with E-state index in [0.717, 1.165) is 28.9 Å². The number of ether oxygens (including phenoxy) is 2. The van der Waals surface area contributed by atoms with Crippen LogP contribution in [0, 0.1) is 5.82 Å². The molecule has 2 aromatic carbocycles. The molecule has 0 aromatic heterocycles. The van der Waals surface area contributed by atoms with E-state index in [-0.39, 0.29) is 9.88 Å². The quantitative estimate of drug-likeness (QED) is 0.593. The van der Waals surface area contributed by atoms with Gasteiger partial charge in [0.2, 0.25) is 0 Å². The number of hydrogen-bond acceptors (Lipinski definition) is 6. The maximum Gasteiger partial charge on any atom is 0.285 e. The Bertz CT molecular complexity index is 976. The van der Waals surface area contributed by atoms with Crippen LogP contribution in [-0.2, 0) is 4.79 Å². The first-order valence-corrected chi connectivity index (χ1v) is 9.22. The normalized spacial score (nSPS) is 15.1. The Morgan fingerprint density at radius 3 is 2.54 bits per heavy atom. The van der Waals surface area contributed by atoms with Crippen molar-refractivity contribution >= 4 is 46.2 Å². The Morgan fingerprint density at radius 2 is 1.89 bits per heavy atom. The van der Waals surface area contributed by atoms with Crippen molar-refractivity contribution in [2.45, 2.75) is 0 Å². The first kappa shape index (κ1) is 19.8. The van der Waals surface area contributed by atoms with Gasteiger partial charge in [0.1, 0.15) is 5.82 Å². The highest BCUT2D eigenvalue weighted by molar-refractivity contribution is 8.26. The van der Waals surface area contributed by atoms with E-state index >= 15 is 0 Å². The smallest absolute Gasteiger partial charge is 0.285 e. The molecule has 1 saturated heterocycles. The Labute approximate surface area is 170 Å². The number of thioether (sulfide) groups is 1. The highest BCUT2D eigenvalue weighted by Crippen LogP contribution is 2.36. The number of amides is 2. The van der Waals surface area contributed by atoms with Gasteiger partial charge in [-0.05, 0) is 48.6 Å². The SMILES string of the molecule is COc1cccc(/C=C2\SC(=S)N(NC(=O)c3ccc(F)cc3)C2=O)c1OC. The number of benzene rings is 2. The second kappa shape index (κ2) is 8.41. The molecule has 1 N–H and O–H groups in total. The van der Waals surface area contributed by atoms with Crippen molar-refractivity contribution in [3.05, 3.63) is 64.3 Å². The lowest BCUT2D eigenvalue weighted by Crippen LogP contribution is -2.44. The van der Waals surface area contributed by atoms with Gasteiger partial charge in [-0.25, -0.2) is 4.39 Å². The first-order valence-electron chi connectivity index (χ1n) is 8.00. The van der Waals surface area contributed by atoms with Crippen molar-refractivity contribution in [2.75, 3.05) is 14.2 Å². The number of methoxy groups -OCH3 is 2. The van der Waals surface area contributed by atoms with E-state index in [1.165, 1.54) is 26.4 Å². The molecule has 1 aliphatic rings. The number of thiocarbonyl (C=S) groups is 1. The monoisotopic (exact) mass is 418 g/mol. The molecule has 9 heteroatoms. The van der Waals surface area contributed by atoms with Crippen molar-refractivity contribution < 1.29 is 23.5 Å². The minimum absolute atomic E-state index is 0.175. The molecule has 6 nitrogen and oxygen atoms in total. The zero-order valence-electron chi connectivity index (χ0n) is 14.9. The molecule has 28 heavy (non-hydrogen) atoms. The van der Waals surface area contributed by atoms with Gasteiger partial charge in [0.25, 0.3) is 11.8 Å². The maximum atomic E-state index is 13.0. The number of nitrogens with one attached hydrogen (secondary N) is 1. The molecule has 0 bridgehead atoms. The molecule has 1 fully saturated rings. The molecule has 1 aliphatic heterocycles. The van der Waals surface area contributed by atoms with Gasteiger partial charge in [0.15, 0.2) is 15.8 Å². The van der Waals surface area contributed by atoms with Crippen LogP contribution in [0.4, 0.5) is 4.39 Å². The summed E-state index contributed by atoms with van der Waals surface area (Å²) in [7, 11) is 3.02. The van der Waals surface area contributed by atoms with E-state index in [1.54, 1.807) is 24.3 Å². The van der Waals surface area contributed by atoms with Crippen LogP contribution in [0.5, 0.6) is 11.5 Å². The molecule has 0 spiro atoms. The van der Waals surface area contributed by atoms with Gasteiger partial charge in [-0.3, -0.25) is 15.0 Å². The molecule has 1 heterocycles. The van der Waals surface area contributed by atoms with Crippen LogP contribution in [0.1, 0.15) is 15.9 Å². The molecule has 2 amide bonds. The molecule has 0 aliphatic carbocycles. The third-order valence-corrected chi connectivity index (χ3v) is 5.14. The van der Waals surface area contributed by atoms with Crippen LogP contribution in [-0.4, -0.2) is 35.4 Å². The Hall–Kier alpha value is -2.91. The molecular formula is C19H15FN2O4S2. The largest absolute Gasteiger partial charge is 0.493 e. The van der Waals surface area contributed by atoms with Gasteiger partial charge in [-0.1, -0.05) is 23.9 Å². The summed E-state index contributed by atoms with van der Waals surface area (Å²) in [4.78, 5) is 25.3. The molecule has 0 radical (unpaired) electrons. The molecule has 2 aromatic rings. The molecule has 0 saturated carbocycles. The summed E-state index contributed by atoms with van der Waals surface area (Å²) in [5, 5.41) is 0.990. The van der Waals surface area contributed by atoms with E-state index in [9.17, 15) is 14.0 Å². The summed E-state index contributed by atoms with van der Waals surface area (Å²) < 4.78 is 23.8. The lowest BCUT2D eigenvalue weighted by atomic mass is 10.1. The van der Waals surface area contributed by atoms with Crippen molar-refractivity contribution in [3.63, 3.8) is 0 Å². The van der Waals surface area contributed by atoms with Gasteiger partial charge < -0.3 is 9.47 Å². The van der Waals surface area contributed by atoms with Crippen LogP contribution in [0.15, 0.2) is 47.4 Å². The molecule has 0 unspecified atom stereocenters. The van der Waals surface area contributed by atoms with Gasteiger partial charge in [-0.2, -0.15) is 5.01 Å². The topological polar surface area (TPSA) is 67.9 Å². The lowest BCUT2D eigenvalue weighted by Gasteiger charge is -2.15. The zero-order chi connectivity index (χ0) is 20.3. The third kappa shape index (κ3) is 4.00. The van der Waals surface area contributed by atoms with Gasteiger partial charge in [-0.15, -0.1) is 0 Å². The van der Waals surface area contributed by atoms with Gasteiger partial charge >= 0.3 is 0 Å². The lowest BCUT2D eigenvalue weighted by molar-refractivity contribution is -0.123. The summed E-state index contributed by atoms with van der Waals surface area (Å²) in [5.41, 5.74) is 3.28. The second-order valence-electron chi connectivity index (χ2n) is 5.55. The average Bonchev–Trinajstić information content (AvgIpc) is 2.95. The summed E-state index contributed by atoms with van der Waals surface area (Å²) in [6, 6.07) is 10.2. The molecule has 144 valence electrons. The fraction of sp³-hybridized carbons (Fsp3) is 0.105. The van der Waals surface area contributed by atoms with E-state index in [2.05, 4.69) is 5.43 Å². The summed E-state index contributed by atoms with van der Waals surface area (Å²) in [6.07, 6.45) is 1.62. The second-order valence-corrected chi connectivity index (χ2v) is 7.22. The Balaban J connectivity index is 1.83. The highest BCUT2D eigenvalue weighted by atomic mass is 32.2. The number of halogens is 1. The van der Waals surface area contributed by atoms with Crippen molar-refractivity contribution in [1.82, 2.24) is 10.4 Å². The van der Waals surface area contributed by atoms with Crippen LogP contribution in [0.3, 0.4) is 0 Å². The minimum atomic E-state index is -0.573. The maximum absolute atomic E-state index is 13.0. The minimum Gasteiger partial charge on any atom is -0.493 e. The fourth-order valence-corrected chi connectivity index (χ4v) is 3.67. The molecular weight excluding hydrogens is 403 g/mol. The van der Waals surface area contributed by atoms with E-state index < -0.39 is 17.6 Å². The zero-order valence-corrected chi connectivity index (χ0v) is 16.5. The average molecular weight is 418 g/mol. The van der Waals surface area contributed by atoms with E-state index in [4.69, 9.17) is 21.7 Å². The van der Waals surface area contributed by atoms with Crippen LogP contribution >= 0.6 is 24.0 Å². The summed E-state index contributed by atoms with van der Waals surface area (Å²) in [6.45, 7) is 0. The summed E-state index contributed by atoms with van der Waals surface area (Å²) >= 11 is 6.25. The highest BCUT2D eigenvalue weighted by Gasteiger charge is 2.34. The van der Waals surface area contributed by atoms with Crippen LogP contribution in [0.2, 0.25) is 0 Å². The standard InChI is InChI=1S/C19H15FN2O4S2/c1-25-14-5-3-4-12(16(14)26-2)10-15-18(24)22(19(27)28-15)21-17(23)11-6-8-13(20)9-7-11/h3-10H,1-2H3,(H,21,23)/b15-10-. The number of para-hydroxylation sites is 1. The van der Waals surface area contributed by atoms with E-state index in [1.807, 2.05) is 0 Å². The van der Waals surface area contributed by atoms with E-state index in [0.29, 0.717) is 22.0 Å². The van der Waals surface area contributed by atoms with Gasteiger partial charge in [0.05, 0.1) is 19.1 Å². The predicted octanol–water partition coefficient (Wildman–Crippen LogP) is 3.39. The van der Waals surface area contributed by atoms with Crippen molar-refractivity contribution in [1.29, 1.82) is 0 Å². The third-order valence-electron chi connectivity index (χ3n) is 3.83. The van der Waals surface area contributed by atoms with Crippen molar-refractivity contribution in [3.8, 4) is 11.5 Å². The number of rotatable bonds is 5. The fourth-order valence-electron chi connectivity index (χ4n) is 2.50. The molecule has 3 rings (SSSR count). The Morgan fingerprint density at radius 1 is 1.18 bits per heavy atom. The molecule has 0 atom stereocenters. The Kier molecular flexibility index (Phi) is 5.96. The summed E-state index contributed by atoms with van der Waals surface area (Å²) in [5.74, 6) is -0.508. The first-order chi connectivity index (χ1) is 13.4. The number of carbonyl (C=O) groups excluding carboxylic acids is 2. The van der Waals surface area contributed by atoms with Crippen molar-refractivity contribution in [2.24, 2.45) is 0 Å². The van der Waals surface area contributed by atoms with Gasteiger partial charge in [0, 0.05) is 11.1 Å².